The van der Waals surface area contributed by atoms with Crippen molar-refractivity contribution in [3.63, 3.8) is 0 Å². The molecule has 0 radical (unpaired) electrons. The molecular formula is C136H126N4. The number of hydrogen-bond acceptors (Lipinski definition) is 4. The number of rotatable bonds is 25. The standard InChI is InChI=1S/C136H126N4/c1-97-25-65-117(66-26-97)137(121-73-57-105(58-74-121)37-33-101-41-49-113(50-42-101)89-109-17-9-5-10-18-109)125-81-85-129-133(93-125)130-86-82-126(138(118-67-27-98(2)28-68-118)122-75-59-106(60-76-122)38-34-102-43-51-114(52-44-102)90-110-19-11-6-12-20-110)95-135(130)132-88-84-128(140(120-71-31-100(4)32-72-120)124-79-63-108(64-80-124)40-36-104-47-55-116(56-48-104)92-112-23-15-8-16-24-112)96-136(132)131-87-83-127(94-134(129)131)139(119-69-29-99(3)30-70-119)123-77-61-107(62-78-123)39-35-103-45-53-115(54-46-103)91-111-21-13-7-14-22-111/h25-91,93-96,112H,5-24,92H2,1-4H3. The molecule has 4 fully saturated rings. The van der Waals surface area contributed by atoms with Gasteiger partial charge in [-0.25, -0.2) is 0 Å². The largest absolute Gasteiger partial charge is 0.310 e. The zero-order chi connectivity index (χ0) is 94.5. The average Bonchev–Trinajstić information content (AvgIpc) is 0.724. The van der Waals surface area contributed by atoms with Crippen molar-refractivity contribution in [2.45, 2.75) is 163 Å². The lowest BCUT2D eigenvalue weighted by molar-refractivity contribution is 0.356. The van der Waals surface area contributed by atoms with E-state index in [0.29, 0.717) is 0 Å². The van der Waals surface area contributed by atoms with Gasteiger partial charge in [0.2, 0.25) is 0 Å². The Morgan fingerprint density at radius 3 is 0.579 bits per heavy atom. The van der Waals surface area contributed by atoms with Gasteiger partial charge in [0, 0.05) is 68.2 Å². The summed E-state index contributed by atoms with van der Waals surface area (Å²) < 4.78 is 0. The summed E-state index contributed by atoms with van der Waals surface area (Å²) in [5.74, 6) is 0.804. The van der Waals surface area contributed by atoms with Crippen molar-refractivity contribution in [1.29, 1.82) is 0 Å². The molecule has 4 nitrogen and oxygen atoms in total. The molecule has 0 amide bonds. The molecular weight excluding hydrogens is 1690 g/mol. The van der Waals surface area contributed by atoms with Gasteiger partial charge in [-0.2, -0.15) is 0 Å². The topological polar surface area (TPSA) is 13.0 Å². The molecule has 4 heteroatoms. The quantitative estimate of drug-likeness (QED) is 0.0529. The van der Waals surface area contributed by atoms with Crippen LogP contribution in [0.2, 0.25) is 0 Å². The van der Waals surface area contributed by atoms with E-state index in [9.17, 15) is 0 Å². The van der Waals surface area contributed by atoms with Gasteiger partial charge in [-0.3, -0.25) is 0 Å². The van der Waals surface area contributed by atoms with Crippen LogP contribution in [0.1, 0.15) is 217 Å². The molecule has 140 heavy (non-hydrogen) atoms. The third-order valence-corrected chi connectivity index (χ3v) is 29.5. The molecule has 690 valence electrons. The summed E-state index contributed by atoms with van der Waals surface area (Å²) in [7, 11) is 0. The first kappa shape index (κ1) is 91.3. The Balaban J connectivity index is 0.722. The maximum Gasteiger partial charge on any atom is 0.0468 e. The summed E-state index contributed by atoms with van der Waals surface area (Å²) in [4.78, 5) is 9.80. The number of hydrogen-bond donors (Lipinski definition) is 0. The van der Waals surface area contributed by atoms with Gasteiger partial charge in [0.25, 0.3) is 0 Å². The van der Waals surface area contributed by atoms with Crippen LogP contribution >= 0.6 is 0 Å². The van der Waals surface area contributed by atoms with E-state index in [4.69, 9.17) is 0 Å². The normalized spacial score (nSPS) is 14.4. The molecule has 5 aliphatic carbocycles. The van der Waals surface area contributed by atoms with Crippen molar-refractivity contribution in [2.75, 3.05) is 19.6 Å². The second kappa shape index (κ2) is 42.9. The average molecular weight is 1820 g/mol. The summed E-state index contributed by atoms with van der Waals surface area (Å²) in [6.07, 6.45) is 52.4. The van der Waals surface area contributed by atoms with Crippen molar-refractivity contribution in [2.24, 2.45) is 5.92 Å². The third kappa shape index (κ3) is 21.9. The molecule has 16 aromatic rings. The molecule has 5 aliphatic rings. The number of benzene rings is 16. The minimum absolute atomic E-state index is 0.804. The SMILES string of the molecule is Cc1ccc(N(c2ccc(C=Cc3ccc(C=C4CCCCC4)cc3)cc2)c2ccc3c(c2)-c2ccc(N(c4ccc(C)cc4)c4ccc(C=Cc5ccc(C=C6CCCCC6)cc5)cc4)cc2-c2ccc(N(c4ccc(C)cc4)c4ccc(C=Cc5ccc(CC6CCCCC6)cc5)cc4)cc2-c2ccc(N(c4ccc(C)cc4)c4ccc(C=Cc5ccc(C=C6CCCCC6)cc5)cc4)cc2-3)cc1. The van der Waals surface area contributed by atoms with Crippen molar-refractivity contribution in [3.05, 3.63) is 470 Å². The van der Waals surface area contributed by atoms with E-state index < -0.39 is 0 Å². The van der Waals surface area contributed by atoms with E-state index in [1.165, 1.54) is 202 Å². The van der Waals surface area contributed by atoms with Gasteiger partial charge in [-0.15, -0.1) is 0 Å². The minimum atomic E-state index is 0.804. The second-order valence-electron chi connectivity index (χ2n) is 39.8. The zero-order valence-electron chi connectivity index (χ0n) is 81.7. The lowest BCUT2D eigenvalue weighted by atomic mass is 9.80. The highest BCUT2D eigenvalue weighted by Crippen LogP contribution is 2.55. The fraction of sp³-hybridized carbons (Fsp3) is 0.191. The number of allylic oxidation sites excluding steroid dienone is 3. The summed E-state index contributed by atoms with van der Waals surface area (Å²) >= 11 is 0. The summed E-state index contributed by atoms with van der Waals surface area (Å²) in [5, 5.41) is 0. The van der Waals surface area contributed by atoms with E-state index in [0.717, 1.165) is 141 Å². The summed E-state index contributed by atoms with van der Waals surface area (Å²) in [6, 6.07) is 138. The van der Waals surface area contributed by atoms with Crippen LogP contribution in [0, 0.1) is 33.6 Å². The van der Waals surface area contributed by atoms with E-state index >= 15 is 0 Å². The van der Waals surface area contributed by atoms with Gasteiger partial charge in [0.15, 0.2) is 0 Å². The molecule has 0 spiro atoms. The molecule has 0 atom stereocenters. The van der Waals surface area contributed by atoms with E-state index in [-0.39, 0.29) is 0 Å². The van der Waals surface area contributed by atoms with Crippen molar-refractivity contribution < 1.29 is 0 Å². The summed E-state index contributed by atoms with van der Waals surface area (Å²) in [5.41, 5.74) is 45.7. The van der Waals surface area contributed by atoms with Crippen molar-refractivity contribution >= 4 is 135 Å². The molecule has 0 unspecified atom stereocenters. The highest BCUT2D eigenvalue weighted by Gasteiger charge is 2.30. The number of fused-ring (bicyclic) bond motifs is 8. The molecule has 0 saturated heterocycles. The number of aryl methyl sites for hydroxylation is 4. The Morgan fingerprint density at radius 2 is 0.357 bits per heavy atom. The molecule has 0 bridgehead atoms. The van der Waals surface area contributed by atoms with Crippen LogP contribution < -0.4 is 19.6 Å². The first-order valence-electron chi connectivity index (χ1n) is 51.6. The first-order valence-corrected chi connectivity index (χ1v) is 51.6. The highest BCUT2D eigenvalue weighted by atomic mass is 15.2. The maximum absolute atomic E-state index is 2.49. The molecule has 0 N–H and O–H groups in total. The van der Waals surface area contributed by atoms with E-state index in [2.05, 4.69) is 478 Å². The molecule has 16 aromatic carbocycles. The third-order valence-electron chi connectivity index (χ3n) is 29.5. The van der Waals surface area contributed by atoms with Gasteiger partial charge in [0.1, 0.15) is 0 Å². The molecule has 0 heterocycles. The van der Waals surface area contributed by atoms with Gasteiger partial charge >= 0.3 is 0 Å². The number of nitrogens with zero attached hydrogens (tertiary/aromatic N) is 4. The molecule has 0 aromatic heterocycles. The van der Waals surface area contributed by atoms with E-state index in [1.807, 2.05) is 0 Å². The minimum Gasteiger partial charge on any atom is -0.310 e. The maximum atomic E-state index is 2.49. The highest BCUT2D eigenvalue weighted by molar-refractivity contribution is 6.07. The van der Waals surface area contributed by atoms with Crippen molar-refractivity contribution in [3.8, 4) is 44.5 Å². The Kier molecular flexibility index (Phi) is 28.0. The van der Waals surface area contributed by atoms with Crippen LogP contribution in [0.5, 0.6) is 0 Å². The molecule has 4 saturated carbocycles. The molecule has 21 rings (SSSR count). The van der Waals surface area contributed by atoms with Crippen LogP contribution in [-0.2, 0) is 6.42 Å². The van der Waals surface area contributed by atoms with Gasteiger partial charge in [-0.05, 0) is 374 Å². The van der Waals surface area contributed by atoms with Crippen LogP contribution in [0.3, 0.4) is 0 Å². The van der Waals surface area contributed by atoms with Gasteiger partial charge in [0.05, 0.1) is 0 Å². The number of anilines is 12. The van der Waals surface area contributed by atoms with Gasteiger partial charge in [-0.1, -0.05) is 376 Å². The van der Waals surface area contributed by atoms with E-state index in [1.54, 1.807) is 16.7 Å². The lowest BCUT2D eigenvalue weighted by Gasteiger charge is -2.32. The predicted molar refractivity (Wildman–Crippen MR) is 604 cm³/mol. The van der Waals surface area contributed by atoms with Gasteiger partial charge < -0.3 is 19.6 Å². The van der Waals surface area contributed by atoms with Crippen LogP contribution in [0.4, 0.5) is 68.2 Å². The second-order valence-corrected chi connectivity index (χ2v) is 39.8. The summed E-state index contributed by atoms with van der Waals surface area (Å²) in [6.45, 7) is 8.73. The Bertz CT molecular complexity index is 6640. The zero-order valence-corrected chi connectivity index (χ0v) is 81.7. The smallest absolute Gasteiger partial charge is 0.0468 e. The fourth-order valence-electron chi connectivity index (χ4n) is 21.5. The van der Waals surface area contributed by atoms with Crippen LogP contribution in [0.15, 0.2) is 381 Å². The first-order chi connectivity index (χ1) is 68.9. The lowest BCUT2D eigenvalue weighted by Crippen LogP contribution is -2.12. The van der Waals surface area contributed by atoms with Crippen molar-refractivity contribution in [1.82, 2.24) is 0 Å². The Labute approximate surface area is 831 Å². The Hall–Kier alpha value is -15.1. The van der Waals surface area contributed by atoms with Crippen LogP contribution in [0.25, 0.3) is 111 Å². The predicted octanol–water partition coefficient (Wildman–Crippen LogP) is 39.6. The fourth-order valence-corrected chi connectivity index (χ4v) is 21.5. The van der Waals surface area contributed by atoms with Crippen LogP contribution in [-0.4, -0.2) is 0 Å². The molecule has 0 aliphatic heterocycles. The Morgan fingerprint density at radius 1 is 0.179 bits per heavy atom. The monoisotopic (exact) mass is 1810 g/mol.